The second-order valence-corrected chi connectivity index (χ2v) is 6.40. The lowest BCUT2D eigenvalue weighted by Gasteiger charge is -2.11. The number of nitrogens with two attached hydrogens (primary N) is 1. The third-order valence-electron chi connectivity index (χ3n) is 4.05. The van der Waals surface area contributed by atoms with Crippen molar-refractivity contribution in [2.75, 3.05) is 13.1 Å². The molecule has 0 aliphatic heterocycles. The van der Waals surface area contributed by atoms with E-state index >= 15 is 0 Å². The van der Waals surface area contributed by atoms with E-state index in [0.29, 0.717) is 13.0 Å². The van der Waals surface area contributed by atoms with Crippen LogP contribution in [0.5, 0.6) is 0 Å². The maximum Gasteiger partial charge on any atom is 0.217 e. The Balaban J connectivity index is 3.15. The Hall–Kier alpha value is -0.610. The van der Waals surface area contributed by atoms with Gasteiger partial charge in [-0.25, -0.2) is 0 Å². The number of hydrogen-bond acceptors (Lipinski definition) is 3. The van der Waals surface area contributed by atoms with E-state index in [2.05, 4.69) is 12.2 Å². The highest BCUT2D eigenvalue weighted by atomic mass is 16.3. The second-order valence-electron chi connectivity index (χ2n) is 6.40. The van der Waals surface area contributed by atoms with Gasteiger partial charge in [-0.1, -0.05) is 71.1 Å². The molecular weight excluding hydrogens is 276 g/mol. The minimum absolute atomic E-state index is 0.257. The third-order valence-corrected chi connectivity index (χ3v) is 4.05. The Morgan fingerprint density at radius 2 is 1.50 bits per heavy atom. The SMILES string of the molecule is CCCCCCCCCCCCC(O)CNCCCC(N)=O. The van der Waals surface area contributed by atoms with Crippen LogP contribution in [0, 0.1) is 0 Å². The van der Waals surface area contributed by atoms with Crippen LogP contribution in [0.4, 0.5) is 0 Å². The lowest BCUT2D eigenvalue weighted by molar-refractivity contribution is -0.118. The zero-order chi connectivity index (χ0) is 16.5. The van der Waals surface area contributed by atoms with Crippen molar-refractivity contribution in [1.29, 1.82) is 0 Å². The molecule has 1 unspecified atom stereocenters. The standard InChI is InChI=1S/C18H38N2O2/c1-2-3-4-5-6-7-8-9-10-11-13-17(21)16-20-15-12-14-18(19)22/h17,20-21H,2-16H2,1H3,(H2,19,22). The fraction of sp³-hybridized carbons (Fsp3) is 0.944. The minimum atomic E-state index is -0.261. The molecule has 0 aromatic heterocycles. The number of aliphatic hydroxyl groups is 1. The second kappa shape index (κ2) is 16.8. The molecule has 0 spiro atoms. The highest BCUT2D eigenvalue weighted by molar-refractivity contribution is 5.73. The highest BCUT2D eigenvalue weighted by Crippen LogP contribution is 2.11. The maximum absolute atomic E-state index is 10.6. The average molecular weight is 315 g/mol. The molecule has 0 rings (SSSR count). The summed E-state index contributed by atoms with van der Waals surface area (Å²) >= 11 is 0. The van der Waals surface area contributed by atoms with Crippen molar-refractivity contribution in [3.63, 3.8) is 0 Å². The van der Waals surface area contributed by atoms with Gasteiger partial charge in [0.2, 0.25) is 5.91 Å². The van der Waals surface area contributed by atoms with Gasteiger partial charge >= 0.3 is 0 Å². The number of rotatable bonds is 17. The molecule has 0 saturated heterocycles. The molecule has 4 nitrogen and oxygen atoms in total. The molecule has 0 aromatic carbocycles. The van der Waals surface area contributed by atoms with E-state index in [1.807, 2.05) is 0 Å². The first-order valence-corrected chi connectivity index (χ1v) is 9.34. The predicted octanol–water partition coefficient (Wildman–Crippen LogP) is 3.51. The molecule has 0 aliphatic rings. The summed E-state index contributed by atoms with van der Waals surface area (Å²) in [7, 11) is 0. The molecule has 132 valence electrons. The summed E-state index contributed by atoms with van der Waals surface area (Å²) in [6.07, 6.45) is 15.0. The Kier molecular flexibility index (Phi) is 16.3. The first kappa shape index (κ1) is 21.4. The first-order valence-electron chi connectivity index (χ1n) is 9.34. The molecule has 0 fully saturated rings. The van der Waals surface area contributed by atoms with Gasteiger partial charge < -0.3 is 16.2 Å². The van der Waals surface area contributed by atoms with Crippen LogP contribution >= 0.6 is 0 Å². The van der Waals surface area contributed by atoms with Crippen LogP contribution in [-0.2, 0) is 4.79 Å². The fourth-order valence-electron chi connectivity index (χ4n) is 2.63. The molecule has 0 radical (unpaired) electrons. The number of aliphatic hydroxyl groups excluding tert-OH is 1. The largest absolute Gasteiger partial charge is 0.392 e. The van der Waals surface area contributed by atoms with E-state index in [9.17, 15) is 9.90 Å². The van der Waals surface area contributed by atoms with E-state index in [-0.39, 0.29) is 12.0 Å². The zero-order valence-electron chi connectivity index (χ0n) is 14.6. The van der Waals surface area contributed by atoms with Gasteiger partial charge in [-0.3, -0.25) is 4.79 Å². The number of nitrogens with one attached hydrogen (secondary N) is 1. The van der Waals surface area contributed by atoms with E-state index in [1.54, 1.807) is 0 Å². The monoisotopic (exact) mass is 314 g/mol. The van der Waals surface area contributed by atoms with Crippen LogP contribution in [0.1, 0.15) is 90.4 Å². The van der Waals surface area contributed by atoms with E-state index < -0.39 is 0 Å². The van der Waals surface area contributed by atoms with E-state index in [4.69, 9.17) is 5.73 Å². The van der Waals surface area contributed by atoms with Crippen LogP contribution in [0.2, 0.25) is 0 Å². The molecule has 0 bridgehead atoms. The Labute approximate surface area is 137 Å². The number of hydrogen-bond donors (Lipinski definition) is 3. The van der Waals surface area contributed by atoms with Crippen molar-refractivity contribution in [3.8, 4) is 0 Å². The smallest absolute Gasteiger partial charge is 0.217 e. The van der Waals surface area contributed by atoms with Crippen molar-refractivity contribution in [1.82, 2.24) is 5.32 Å². The van der Waals surface area contributed by atoms with Gasteiger partial charge in [-0.2, -0.15) is 0 Å². The summed E-state index contributed by atoms with van der Waals surface area (Å²) in [6, 6.07) is 0. The van der Waals surface area contributed by atoms with Crippen LogP contribution in [-0.4, -0.2) is 30.2 Å². The number of amides is 1. The van der Waals surface area contributed by atoms with E-state index in [1.165, 1.54) is 57.8 Å². The third kappa shape index (κ3) is 17.4. The Morgan fingerprint density at radius 3 is 2.05 bits per heavy atom. The average Bonchev–Trinajstić information content (AvgIpc) is 2.48. The van der Waals surface area contributed by atoms with Gasteiger partial charge in [0.1, 0.15) is 0 Å². The Bertz CT molecular complexity index is 247. The van der Waals surface area contributed by atoms with Gasteiger partial charge in [-0.15, -0.1) is 0 Å². The summed E-state index contributed by atoms with van der Waals surface area (Å²) in [6.45, 7) is 3.62. The lowest BCUT2D eigenvalue weighted by Crippen LogP contribution is -2.28. The molecule has 0 heterocycles. The zero-order valence-corrected chi connectivity index (χ0v) is 14.6. The minimum Gasteiger partial charge on any atom is -0.392 e. The molecule has 4 heteroatoms. The number of carbonyl (C=O) groups excluding carboxylic acids is 1. The highest BCUT2D eigenvalue weighted by Gasteiger charge is 2.03. The molecule has 4 N–H and O–H groups in total. The first-order chi connectivity index (χ1) is 10.7. The number of unbranched alkanes of at least 4 members (excludes halogenated alkanes) is 9. The lowest BCUT2D eigenvalue weighted by atomic mass is 10.0. The summed E-state index contributed by atoms with van der Waals surface area (Å²) in [5.41, 5.74) is 5.06. The van der Waals surface area contributed by atoms with Gasteiger partial charge in [-0.05, 0) is 19.4 Å². The molecule has 1 atom stereocenters. The predicted molar refractivity (Wildman–Crippen MR) is 93.8 cm³/mol. The van der Waals surface area contributed by atoms with Crippen molar-refractivity contribution >= 4 is 5.91 Å². The topological polar surface area (TPSA) is 75.3 Å². The molecule has 0 saturated carbocycles. The van der Waals surface area contributed by atoms with Crippen molar-refractivity contribution in [2.24, 2.45) is 5.73 Å². The molecule has 0 aromatic rings. The van der Waals surface area contributed by atoms with Crippen molar-refractivity contribution in [2.45, 2.75) is 96.5 Å². The quantitative estimate of drug-likeness (QED) is 0.360. The molecule has 0 aliphatic carbocycles. The Morgan fingerprint density at radius 1 is 0.955 bits per heavy atom. The number of carbonyl (C=O) groups is 1. The van der Waals surface area contributed by atoms with Crippen LogP contribution < -0.4 is 11.1 Å². The van der Waals surface area contributed by atoms with Gasteiger partial charge in [0.15, 0.2) is 0 Å². The van der Waals surface area contributed by atoms with Gasteiger partial charge in [0.05, 0.1) is 6.10 Å². The fourth-order valence-corrected chi connectivity index (χ4v) is 2.63. The molecule has 22 heavy (non-hydrogen) atoms. The van der Waals surface area contributed by atoms with Crippen LogP contribution in [0.15, 0.2) is 0 Å². The van der Waals surface area contributed by atoms with Crippen molar-refractivity contribution < 1.29 is 9.90 Å². The molecule has 1 amide bonds. The number of primary amides is 1. The summed E-state index contributed by atoms with van der Waals surface area (Å²) < 4.78 is 0. The van der Waals surface area contributed by atoms with Crippen LogP contribution in [0.25, 0.3) is 0 Å². The normalized spacial score (nSPS) is 12.5. The summed E-state index contributed by atoms with van der Waals surface area (Å²) in [5.74, 6) is -0.257. The van der Waals surface area contributed by atoms with Crippen molar-refractivity contribution in [3.05, 3.63) is 0 Å². The summed E-state index contributed by atoms with van der Waals surface area (Å²) in [5, 5.41) is 13.0. The molecular formula is C18H38N2O2. The van der Waals surface area contributed by atoms with Gasteiger partial charge in [0, 0.05) is 13.0 Å². The van der Waals surface area contributed by atoms with E-state index in [0.717, 1.165) is 25.8 Å². The maximum atomic E-state index is 10.6. The summed E-state index contributed by atoms with van der Waals surface area (Å²) in [4.78, 5) is 10.6. The van der Waals surface area contributed by atoms with Gasteiger partial charge in [0.25, 0.3) is 0 Å². The van der Waals surface area contributed by atoms with Crippen LogP contribution in [0.3, 0.4) is 0 Å².